The normalized spacial score (nSPS) is 19.0. The largest absolute Gasteiger partial charge is 0.478 e. The predicted octanol–water partition coefficient (Wildman–Crippen LogP) is 1.01. The number of benzene rings is 1. The molecule has 78 valence electrons. The van der Waals surface area contributed by atoms with Gasteiger partial charge in [-0.1, -0.05) is 17.3 Å². The molecule has 2 N–H and O–H groups in total. The standard InChI is InChI=1S/C10H10N2O3/c1-6-11-9(12-15-6)7-3-2-4-8(5-7)10(13)14/h2-6H,1H3,(H,11,12)(H,13,14). The number of carboxylic acid groups (broad SMARTS) is 1. The lowest BCUT2D eigenvalue weighted by atomic mass is 10.1. The number of hydrogen-bond donors (Lipinski definition) is 2. The Bertz CT molecular complexity index is 428. The molecule has 0 aliphatic carbocycles. The maximum atomic E-state index is 10.7. The van der Waals surface area contributed by atoms with Crippen LogP contribution >= 0.6 is 0 Å². The van der Waals surface area contributed by atoms with Gasteiger partial charge in [0.1, 0.15) is 0 Å². The van der Waals surface area contributed by atoms with Gasteiger partial charge in [0.15, 0.2) is 12.1 Å². The molecule has 0 aromatic heterocycles. The van der Waals surface area contributed by atoms with Crippen molar-refractivity contribution in [1.29, 1.82) is 0 Å². The molecule has 1 aliphatic heterocycles. The fourth-order valence-electron chi connectivity index (χ4n) is 1.31. The monoisotopic (exact) mass is 206 g/mol. The van der Waals surface area contributed by atoms with Crippen LogP contribution in [0.25, 0.3) is 0 Å². The van der Waals surface area contributed by atoms with Crippen LogP contribution in [-0.4, -0.2) is 23.1 Å². The van der Waals surface area contributed by atoms with Crippen LogP contribution < -0.4 is 5.32 Å². The summed E-state index contributed by atoms with van der Waals surface area (Å²) in [5.74, 6) is -0.394. The Morgan fingerprint density at radius 1 is 1.60 bits per heavy atom. The fourth-order valence-corrected chi connectivity index (χ4v) is 1.31. The summed E-state index contributed by atoms with van der Waals surface area (Å²) in [6.45, 7) is 1.82. The number of hydrogen-bond acceptors (Lipinski definition) is 4. The maximum absolute atomic E-state index is 10.7. The highest BCUT2D eigenvalue weighted by Gasteiger charge is 2.16. The van der Waals surface area contributed by atoms with Gasteiger partial charge in [-0.2, -0.15) is 0 Å². The highest BCUT2D eigenvalue weighted by Crippen LogP contribution is 2.09. The summed E-state index contributed by atoms with van der Waals surface area (Å²) >= 11 is 0. The van der Waals surface area contributed by atoms with Gasteiger partial charge in [-0.15, -0.1) is 0 Å². The Hall–Kier alpha value is -2.04. The molecule has 1 aromatic rings. The van der Waals surface area contributed by atoms with Crippen LogP contribution in [0.5, 0.6) is 0 Å². The highest BCUT2D eigenvalue weighted by molar-refractivity contribution is 6.01. The lowest BCUT2D eigenvalue weighted by Gasteiger charge is -2.03. The van der Waals surface area contributed by atoms with Crippen molar-refractivity contribution in [2.75, 3.05) is 0 Å². The molecular weight excluding hydrogens is 196 g/mol. The van der Waals surface area contributed by atoms with Gasteiger partial charge in [0.25, 0.3) is 0 Å². The van der Waals surface area contributed by atoms with Crippen molar-refractivity contribution in [3.05, 3.63) is 35.4 Å². The molecule has 0 fully saturated rings. The first-order valence-electron chi connectivity index (χ1n) is 4.51. The van der Waals surface area contributed by atoms with E-state index in [-0.39, 0.29) is 11.8 Å². The van der Waals surface area contributed by atoms with Crippen LogP contribution in [0, 0.1) is 0 Å². The van der Waals surface area contributed by atoms with E-state index in [1.54, 1.807) is 18.2 Å². The van der Waals surface area contributed by atoms with Crippen LogP contribution in [0.15, 0.2) is 29.4 Å². The third-order valence-electron chi connectivity index (χ3n) is 2.03. The summed E-state index contributed by atoms with van der Waals surface area (Å²) in [6.07, 6.45) is -0.173. The molecular formula is C10H10N2O3. The van der Waals surface area contributed by atoms with E-state index in [1.807, 2.05) is 6.92 Å². The summed E-state index contributed by atoms with van der Waals surface area (Å²) in [5.41, 5.74) is 0.941. The van der Waals surface area contributed by atoms with E-state index in [0.29, 0.717) is 11.4 Å². The first-order chi connectivity index (χ1) is 7.16. The number of rotatable bonds is 2. The van der Waals surface area contributed by atoms with Gasteiger partial charge in [-0.3, -0.25) is 0 Å². The summed E-state index contributed by atoms with van der Waals surface area (Å²) < 4.78 is 0. The number of carbonyl (C=O) groups is 1. The fraction of sp³-hybridized carbons (Fsp3) is 0.200. The molecule has 0 saturated carbocycles. The second-order valence-electron chi connectivity index (χ2n) is 3.22. The van der Waals surface area contributed by atoms with E-state index in [4.69, 9.17) is 9.94 Å². The molecule has 5 nitrogen and oxygen atoms in total. The number of amidine groups is 1. The Labute approximate surface area is 86.4 Å². The number of nitrogens with one attached hydrogen (secondary N) is 1. The third kappa shape index (κ3) is 1.90. The van der Waals surface area contributed by atoms with Crippen molar-refractivity contribution in [3.63, 3.8) is 0 Å². The van der Waals surface area contributed by atoms with Gasteiger partial charge in [-0.05, 0) is 19.1 Å². The first-order valence-corrected chi connectivity index (χ1v) is 4.51. The van der Waals surface area contributed by atoms with E-state index in [0.717, 1.165) is 0 Å². The molecule has 0 amide bonds. The van der Waals surface area contributed by atoms with Crippen molar-refractivity contribution in [1.82, 2.24) is 5.32 Å². The molecule has 15 heavy (non-hydrogen) atoms. The van der Waals surface area contributed by atoms with Gasteiger partial charge in [-0.25, -0.2) is 4.79 Å². The van der Waals surface area contributed by atoms with Crippen LogP contribution in [0.1, 0.15) is 22.8 Å². The third-order valence-corrected chi connectivity index (χ3v) is 2.03. The second-order valence-corrected chi connectivity index (χ2v) is 3.22. The average Bonchev–Trinajstić information content (AvgIpc) is 2.65. The summed E-state index contributed by atoms with van der Waals surface area (Å²) in [5, 5.41) is 15.6. The van der Waals surface area contributed by atoms with Crippen molar-refractivity contribution >= 4 is 11.8 Å². The van der Waals surface area contributed by atoms with Crippen molar-refractivity contribution < 1.29 is 14.7 Å². The highest BCUT2D eigenvalue weighted by atomic mass is 16.7. The minimum Gasteiger partial charge on any atom is -0.478 e. The molecule has 0 spiro atoms. The minimum atomic E-state index is -0.954. The zero-order valence-corrected chi connectivity index (χ0v) is 8.10. The Balaban J connectivity index is 2.29. The zero-order chi connectivity index (χ0) is 10.8. The Kier molecular flexibility index (Phi) is 2.29. The molecule has 0 radical (unpaired) electrons. The summed E-state index contributed by atoms with van der Waals surface area (Å²) in [6, 6.07) is 6.53. The molecule has 1 aliphatic rings. The number of carboxylic acids is 1. The van der Waals surface area contributed by atoms with Gasteiger partial charge in [0.05, 0.1) is 5.56 Å². The summed E-state index contributed by atoms with van der Waals surface area (Å²) in [7, 11) is 0. The molecule has 5 heteroatoms. The van der Waals surface area contributed by atoms with E-state index in [9.17, 15) is 4.79 Å². The molecule has 1 heterocycles. The van der Waals surface area contributed by atoms with Gasteiger partial charge >= 0.3 is 5.97 Å². The van der Waals surface area contributed by atoms with Crippen LogP contribution in [0.3, 0.4) is 0 Å². The Morgan fingerprint density at radius 3 is 3.00 bits per heavy atom. The number of oxime groups is 1. The van der Waals surface area contributed by atoms with E-state index in [2.05, 4.69) is 10.5 Å². The lowest BCUT2D eigenvalue weighted by Crippen LogP contribution is -2.27. The van der Waals surface area contributed by atoms with E-state index >= 15 is 0 Å². The van der Waals surface area contributed by atoms with Crippen molar-refractivity contribution in [2.24, 2.45) is 5.16 Å². The van der Waals surface area contributed by atoms with Gasteiger partial charge < -0.3 is 15.3 Å². The molecule has 2 rings (SSSR count). The number of aromatic carboxylic acids is 1. The van der Waals surface area contributed by atoms with Crippen molar-refractivity contribution in [2.45, 2.75) is 13.2 Å². The lowest BCUT2D eigenvalue weighted by molar-refractivity contribution is 0.0697. The average molecular weight is 206 g/mol. The van der Waals surface area contributed by atoms with Crippen LogP contribution in [0.2, 0.25) is 0 Å². The van der Waals surface area contributed by atoms with E-state index < -0.39 is 5.97 Å². The zero-order valence-electron chi connectivity index (χ0n) is 8.10. The molecule has 1 atom stereocenters. The predicted molar refractivity (Wildman–Crippen MR) is 53.6 cm³/mol. The van der Waals surface area contributed by atoms with Crippen LogP contribution in [-0.2, 0) is 4.84 Å². The maximum Gasteiger partial charge on any atom is 0.335 e. The van der Waals surface area contributed by atoms with E-state index in [1.165, 1.54) is 6.07 Å². The van der Waals surface area contributed by atoms with Crippen LogP contribution in [0.4, 0.5) is 0 Å². The van der Waals surface area contributed by atoms with Gasteiger partial charge in [0, 0.05) is 5.56 Å². The minimum absolute atomic E-state index is 0.173. The first kappa shape index (κ1) is 9.51. The SMILES string of the molecule is CC1NC(c2cccc(C(=O)O)c2)=NO1. The van der Waals surface area contributed by atoms with Gasteiger partial charge in [0.2, 0.25) is 0 Å². The van der Waals surface area contributed by atoms with Crippen molar-refractivity contribution in [3.8, 4) is 0 Å². The summed E-state index contributed by atoms with van der Waals surface area (Å²) in [4.78, 5) is 15.7. The molecule has 1 aromatic carbocycles. The Morgan fingerprint density at radius 2 is 2.40 bits per heavy atom. The smallest absolute Gasteiger partial charge is 0.335 e. The number of nitrogens with zero attached hydrogens (tertiary/aromatic N) is 1. The topological polar surface area (TPSA) is 70.9 Å². The molecule has 0 bridgehead atoms. The molecule has 1 unspecified atom stereocenters. The molecule has 0 saturated heterocycles. The second kappa shape index (κ2) is 3.61. The quantitative estimate of drug-likeness (QED) is 0.757.